The Bertz CT molecular complexity index is 576. The molecule has 5 nitrogen and oxygen atoms in total. The molecular weight excluding hydrogens is 326 g/mol. The van der Waals surface area contributed by atoms with E-state index in [0.29, 0.717) is 23.7 Å². The number of amides is 2. The molecule has 2 amide bonds. The molecule has 2 aliphatic heterocycles. The predicted octanol–water partition coefficient (Wildman–Crippen LogP) is 2.71. The molecule has 24 heavy (non-hydrogen) atoms. The van der Waals surface area contributed by atoms with Gasteiger partial charge in [0.1, 0.15) is 0 Å². The standard InChI is InChI=1S/C18H24ClN3O2/c19-16-6-4-15(5-7-16)18(24)21-12-8-14(9-13-21)17(23)20-22-10-2-1-3-11-22/h4-7,14H,1-3,8-13H2,(H,20,23). The van der Waals surface area contributed by atoms with Crippen LogP contribution in [0.1, 0.15) is 42.5 Å². The third-order valence-electron chi connectivity index (χ3n) is 4.87. The number of benzene rings is 1. The Hall–Kier alpha value is -1.59. The summed E-state index contributed by atoms with van der Waals surface area (Å²) in [5.41, 5.74) is 3.70. The fraction of sp³-hybridized carbons (Fsp3) is 0.556. The maximum atomic E-state index is 12.5. The van der Waals surface area contributed by atoms with E-state index in [1.165, 1.54) is 6.42 Å². The molecule has 0 bridgehead atoms. The van der Waals surface area contributed by atoms with Crippen LogP contribution in [0.4, 0.5) is 0 Å². The SMILES string of the molecule is O=C(NN1CCCCC1)C1CCN(C(=O)c2ccc(Cl)cc2)CC1. The number of rotatable bonds is 3. The minimum atomic E-state index is 0.00111. The molecule has 6 heteroatoms. The van der Waals surface area contributed by atoms with Crippen LogP contribution in [0.3, 0.4) is 0 Å². The van der Waals surface area contributed by atoms with Crippen molar-refractivity contribution < 1.29 is 9.59 Å². The van der Waals surface area contributed by atoms with Gasteiger partial charge in [0, 0.05) is 42.7 Å². The molecule has 2 heterocycles. The van der Waals surface area contributed by atoms with Crippen LogP contribution in [-0.4, -0.2) is 47.9 Å². The first-order valence-corrected chi connectivity index (χ1v) is 9.11. The lowest BCUT2D eigenvalue weighted by molar-refractivity contribution is -0.131. The van der Waals surface area contributed by atoms with E-state index in [2.05, 4.69) is 5.43 Å². The fourth-order valence-electron chi connectivity index (χ4n) is 3.37. The number of hydrazine groups is 1. The van der Waals surface area contributed by atoms with Crippen molar-refractivity contribution in [3.8, 4) is 0 Å². The normalized spacial score (nSPS) is 20.0. The van der Waals surface area contributed by atoms with Crippen LogP contribution in [0.2, 0.25) is 5.02 Å². The third kappa shape index (κ3) is 4.28. The van der Waals surface area contributed by atoms with E-state index in [9.17, 15) is 9.59 Å². The highest BCUT2D eigenvalue weighted by molar-refractivity contribution is 6.30. The van der Waals surface area contributed by atoms with E-state index >= 15 is 0 Å². The highest BCUT2D eigenvalue weighted by Gasteiger charge is 2.28. The Balaban J connectivity index is 1.48. The number of likely N-dealkylation sites (tertiary alicyclic amines) is 1. The van der Waals surface area contributed by atoms with Crippen molar-refractivity contribution in [2.24, 2.45) is 5.92 Å². The van der Waals surface area contributed by atoms with Crippen LogP contribution in [0.15, 0.2) is 24.3 Å². The van der Waals surface area contributed by atoms with Crippen molar-refractivity contribution >= 4 is 23.4 Å². The predicted molar refractivity (Wildman–Crippen MR) is 93.6 cm³/mol. The van der Waals surface area contributed by atoms with Crippen LogP contribution in [0.5, 0.6) is 0 Å². The number of carbonyl (C=O) groups is 2. The summed E-state index contributed by atoms with van der Waals surface area (Å²) < 4.78 is 0. The average molecular weight is 350 g/mol. The van der Waals surface area contributed by atoms with Crippen LogP contribution in [0.25, 0.3) is 0 Å². The molecule has 0 saturated carbocycles. The second kappa shape index (κ2) is 7.99. The summed E-state index contributed by atoms with van der Waals surface area (Å²) in [7, 11) is 0. The molecule has 1 aromatic rings. The Kier molecular flexibility index (Phi) is 5.74. The molecule has 0 unspecified atom stereocenters. The van der Waals surface area contributed by atoms with E-state index in [0.717, 1.165) is 38.8 Å². The number of nitrogens with one attached hydrogen (secondary N) is 1. The number of nitrogens with zero attached hydrogens (tertiary/aromatic N) is 2. The zero-order chi connectivity index (χ0) is 16.9. The summed E-state index contributed by atoms with van der Waals surface area (Å²) in [5, 5.41) is 2.66. The lowest BCUT2D eigenvalue weighted by Gasteiger charge is -2.33. The number of carbonyl (C=O) groups excluding carboxylic acids is 2. The molecule has 0 spiro atoms. The number of hydrogen-bond acceptors (Lipinski definition) is 3. The monoisotopic (exact) mass is 349 g/mol. The van der Waals surface area contributed by atoms with Gasteiger partial charge in [-0.2, -0.15) is 0 Å². The molecule has 3 rings (SSSR count). The van der Waals surface area contributed by atoms with Gasteiger partial charge in [-0.3, -0.25) is 15.0 Å². The van der Waals surface area contributed by atoms with E-state index in [1.54, 1.807) is 24.3 Å². The minimum absolute atomic E-state index is 0.00111. The quantitative estimate of drug-likeness (QED) is 0.912. The van der Waals surface area contributed by atoms with Gasteiger partial charge in [0.05, 0.1) is 0 Å². The van der Waals surface area contributed by atoms with Crippen LogP contribution >= 0.6 is 11.6 Å². The second-order valence-electron chi connectivity index (χ2n) is 6.60. The Morgan fingerprint density at radius 2 is 1.58 bits per heavy atom. The maximum Gasteiger partial charge on any atom is 0.253 e. The Morgan fingerprint density at radius 3 is 2.21 bits per heavy atom. The second-order valence-corrected chi connectivity index (χ2v) is 7.03. The summed E-state index contributed by atoms with van der Waals surface area (Å²) in [6.45, 7) is 3.14. The maximum absolute atomic E-state index is 12.5. The Morgan fingerprint density at radius 1 is 0.958 bits per heavy atom. The molecule has 0 radical (unpaired) electrons. The van der Waals surface area contributed by atoms with E-state index < -0.39 is 0 Å². The van der Waals surface area contributed by atoms with E-state index in [1.807, 2.05) is 9.91 Å². The molecule has 0 aromatic heterocycles. The van der Waals surface area contributed by atoms with Gasteiger partial charge in [-0.1, -0.05) is 18.0 Å². The summed E-state index contributed by atoms with van der Waals surface area (Å²) >= 11 is 5.86. The molecule has 130 valence electrons. The number of halogens is 1. The minimum Gasteiger partial charge on any atom is -0.339 e. The first kappa shape index (κ1) is 17.2. The van der Waals surface area contributed by atoms with Gasteiger partial charge < -0.3 is 4.90 Å². The first-order chi connectivity index (χ1) is 11.6. The van der Waals surface area contributed by atoms with E-state index in [4.69, 9.17) is 11.6 Å². The largest absolute Gasteiger partial charge is 0.339 e. The van der Waals surface area contributed by atoms with Crippen molar-refractivity contribution in [2.45, 2.75) is 32.1 Å². The summed E-state index contributed by atoms with van der Waals surface area (Å²) in [6.07, 6.45) is 4.98. The van der Waals surface area contributed by atoms with Crippen LogP contribution in [-0.2, 0) is 4.79 Å². The zero-order valence-corrected chi connectivity index (χ0v) is 14.6. The highest BCUT2D eigenvalue weighted by Crippen LogP contribution is 2.20. The van der Waals surface area contributed by atoms with Gasteiger partial charge in [-0.05, 0) is 49.9 Å². The van der Waals surface area contributed by atoms with Crippen molar-refractivity contribution in [3.63, 3.8) is 0 Å². The fourth-order valence-corrected chi connectivity index (χ4v) is 3.50. The first-order valence-electron chi connectivity index (χ1n) is 8.74. The highest BCUT2D eigenvalue weighted by atomic mass is 35.5. The van der Waals surface area contributed by atoms with Crippen LogP contribution < -0.4 is 5.43 Å². The average Bonchev–Trinajstić information content (AvgIpc) is 2.63. The summed E-state index contributed by atoms with van der Waals surface area (Å²) in [6, 6.07) is 6.96. The molecule has 2 saturated heterocycles. The lowest BCUT2D eigenvalue weighted by atomic mass is 9.95. The van der Waals surface area contributed by atoms with Gasteiger partial charge in [0.15, 0.2) is 0 Å². The van der Waals surface area contributed by atoms with E-state index in [-0.39, 0.29) is 17.7 Å². The number of piperidine rings is 2. The van der Waals surface area contributed by atoms with Gasteiger partial charge in [0.25, 0.3) is 5.91 Å². The van der Waals surface area contributed by atoms with Gasteiger partial charge in [0.2, 0.25) is 5.91 Å². The molecule has 0 aliphatic carbocycles. The van der Waals surface area contributed by atoms with Gasteiger partial charge >= 0.3 is 0 Å². The molecule has 2 aliphatic rings. The van der Waals surface area contributed by atoms with Crippen molar-refractivity contribution in [1.29, 1.82) is 0 Å². The topological polar surface area (TPSA) is 52.7 Å². The molecular formula is C18H24ClN3O2. The summed E-state index contributed by atoms with van der Waals surface area (Å²) in [4.78, 5) is 26.7. The van der Waals surface area contributed by atoms with Crippen molar-refractivity contribution in [1.82, 2.24) is 15.3 Å². The van der Waals surface area contributed by atoms with Gasteiger partial charge in [-0.15, -0.1) is 0 Å². The van der Waals surface area contributed by atoms with Crippen LogP contribution in [0, 0.1) is 5.92 Å². The van der Waals surface area contributed by atoms with Gasteiger partial charge in [-0.25, -0.2) is 5.01 Å². The van der Waals surface area contributed by atoms with Crippen molar-refractivity contribution in [3.05, 3.63) is 34.9 Å². The third-order valence-corrected chi connectivity index (χ3v) is 5.12. The Labute approximate surface area is 147 Å². The molecule has 2 fully saturated rings. The zero-order valence-electron chi connectivity index (χ0n) is 13.8. The number of hydrogen-bond donors (Lipinski definition) is 1. The lowest BCUT2D eigenvalue weighted by Crippen LogP contribution is -2.49. The molecule has 1 N–H and O–H groups in total. The molecule has 0 atom stereocenters. The van der Waals surface area contributed by atoms with Crippen molar-refractivity contribution in [2.75, 3.05) is 26.2 Å². The summed E-state index contributed by atoms with van der Waals surface area (Å²) in [5.74, 6) is 0.123. The smallest absolute Gasteiger partial charge is 0.253 e. The molecule has 1 aromatic carbocycles.